The summed E-state index contributed by atoms with van der Waals surface area (Å²) in [6, 6.07) is 8.10. The number of hydrogen-bond donors (Lipinski definition) is 1. The van der Waals surface area contributed by atoms with Crippen LogP contribution in [0.3, 0.4) is 0 Å². The van der Waals surface area contributed by atoms with Crippen molar-refractivity contribution >= 4 is 0 Å². The van der Waals surface area contributed by atoms with Gasteiger partial charge in [-0.25, -0.2) is 0 Å². The van der Waals surface area contributed by atoms with E-state index in [9.17, 15) is 0 Å². The fourth-order valence-electron chi connectivity index (χ4n) is 2.51. The highest BCUT2D eigenvalue weighted by atomic mass is 16.5. The molecule has 1 aliphatic carbocycles. The first-order valence-corrected chi connectivity index (χ1v) is 6.71. The Bertz CT molecular complexity index is 595. The van der Waals surface area contributed by atoms with Crippen molar-refractivity contribution in [2.75, 3.05) is 7.11 Å². The van der Waals surface area contributed by atoms with E-state index in [2.05, 4.69) is 17.3 Å². The number of hydrogen-bond acceptors (Lipinski definition) is 5. The van der Waals surface area contributed by atoms with Gasteiger partial charge in [-0.1, -0.05) is 11.2 Å². The molecule has 1 aromatic carbocycles. The van der Waals surface area contributed by atoms with Crippen LogP contribution in [0.4, 0.5) is 0 Å². The molecule has 3 rings (SSSR count). The predicted molar refractivity (Wildman–Crippen MR) is 73.2 cm³/mol. The van der Waals surface area contributed by atoms with E-state index in [-0.39, 0.29) is 6.04 Å². The molecule has 1 unspecified atom stereocenters. The third-order valence-electron chi connectivity index (χ3n) is 3.52. The summed E-state index contributed by atoms with van der Waals surface area (Å²) in [6.07, 6.45) is 2.04. The number of aromatic nitrogens is 1. The summed E-state index contributed by atoms with van der Waals surface area (Å²) in [4.78, 5) is 0. The number of ether oxygens (including phenoxy) is 2. The molecule has 0 spiro atoms. The summed E-state index contributed by atoms with van der Waals surface area (Å²) in [5.41, 5.74) is 9.30. The smallest absolute Gasteiger partial charge is 0.162 e. The number of rotatable bonds is 5. The van der Waals surface area contributed by atoms with Crippen LogP contribution >= 0.6 is 0 Å². The van der Waals surface area contributed by atoms with Crippen LogP contribution in [0.2, 0.25) is 0 Å². The lowest BCUT2D eigenvalue weighted by Crippen LogP contribution is -2.05. The maximum absolute atomic E-state index is 6.02. The van der Waals surface area contributed by atoms with Crippen LogP contribution in [0.5, 0.6) is 5.75 Å². The average Bonchev–Trinajstić information content (AvgIpc) is 3.04. The first kappa shape index (κ1) is 13.1. The molecular formula is C15H18N2O3. The Kier molecular flexibility index (Phi) is 3.71. The SMILES string of the molecule is COCc1cc(COc2ccc3c(c2)CCC3N)no1. The van der Waals surface area contributed by atoms with Gasteiger partial charge in [0, 0.05) is 19.2 Å². The van der Waals surface area contributed by atoms with Gasteiger partial charge in [-0.05, 0) is 36.1 Å². The van der Waals surface area contributed by atoms with E-state index in [1.807, 2.05) is 12.1 Å². The van der Waals surface area contributed by atoms with Crippen molar-refractivity contribution in [2.24, 2.45) is 5.73 Å². The number of benzene rings is 1. The molecule has 0 saturated carbocycles. The van der Waals surface area contributed by atoms with Gasteiger partial charge in [-0.3, -0.25) is 0 Å². The van der Waals surface area contributed by atoms with Crippen molar-refractivity contribution in [2.45, 2.75) is 32.1 Å². The highest BCUT2D eigenvalue weighted by Gasteiger charge is 2.19. The number of aryl methyl sites for hydroxylation is 1. The highest BCUT2D eigenvalue weighted by molar-refractivity contribution is 5.40. The van der Waals surface area contributed by atoms with Gasteiger partial charge < -0.3 is 19.7 Å². The van der Waals surface area contributed by atoms with Crippen LogP contribution < -0.4 is 10.5 Å². The van der Waals surface area contributed by atoms with Gasteiger partial charge in [0.2, 0.25) is 0 Å². The maximum atomic E-state index is 6.02. The van der Waals surface area contributed by atoms with Crippen LogP contribution in [0.15, 0.2) is 28.8 Å². The van der Waals surface area contributed by atoms with Crippen molar-refractivity contribution < 1.29 is 14.0 Å². The topological polar surface area (TPSA) is 70.5 Å². The second-order valence-electron chi connectivity index (χ2n) is 5.01. The molecule has 0 bridgehead atoms. The molecule has 20 heavy (non-hydrogen) atoms. The Morgan fingerprint density at radius 2 is 2.25 bits per heavy atom. The molecule has 0 radical (unpaired) electrons. The van der Waals surface area contributed by atoms with Crippen molar-refractivity contribution in [3.05, 3.63) is 46.8 Å². The number of methoxy groups -OCH3 is 1. The quantitative estimate of drug-likeness (QED) is 0.906. The Morgan fingerprint density at radius 3 is 3.10 bits per heavy atom. The summed E-state index contributed by atoms with van der Waals surface area (Å²) in [5.74, 6) is 1.54. The molecular weight excluding hydrogens is 256 g/mol. The molecule has 1 heterocycles. The van der Waals surface area contributed by atoms with Gasteiger partial charge >= 0.3 is 0 Å². The van der Waals surface area contributed by atoms with Gasteiger partial charge in [-0.2, -0.15) is 0 Å². The molecule has 0 saturated heterocycles. The zero-order valence-electron chi connectivity index (χ0n) is 11.5. The maximum Gasteiger partial charge on any atom is 0.162 e. The van der Waals surface area contributed by atoms with Crippen LogP contribution in [0.1, 0.15) is 35.0 Å². The minimum absolute atomic E-state index is 0.172. The van der Waals surface area contributed by atoms with Crippen molar-refractivity contribution in [1.29, 1.82) is 0 Å². The number of fused-ring (bicyclic) bond motifs is 1. The summed E-state index contributed by atoms with van der Waals surface area (Å²) in [6.45, 7) is 0.807. The summed E-state index contributed by atoms with van der Waals surface area (Å²) in [7, 11) is 1.62. The van der Waals surface area contributed by atoms with E-state index in [0.717, 1.165) is 24.3 Å². The van der Waals surface area contributed by atoms with E-state index >= 15 is 0 Å². The fourth-order valence-corrected chi connectivity index (χ4v) is 2.51. The summed E-state index contributed by atoms with van der Waals surface area (Å²) < 4.78 is 15.8. The Balaban J connectivity index is 1.63. The number of nitrogens with two attached hydrogens (primary N) is 1. The zero-order valence-corrected chi connectivity index (χ0v) is 11.5. The van der Waals surface area contributed by atoms with Crippen molar-refractivity contribution in [3.63, 3.8) is 0 Å². The first-order chi connectivity index (χ1) is 9.76. The largest absolute Gasteiger partial charge is 0.487 e. The minimum atomic E-state index is 0.172. The van der Waals surface area contributed by atoms with Gasteiger partial charge in [0.05, 0.1) is 0 Å². The Labute approximate surface area is 117 Å². The third kappa shape index (κ3) is 2.69. The zero-order chi connectivity index (χ0) is 13.9. The molecule has 5 heteroatoms. The van der Waals surface area contributed by atoms with Gasteiger partial charge in [-0.15, -0.1) is 0 Å². The van der Waals surface area contributed by atoms with Gasteiger partial charge in [0.1, 0.15) is 24.7 Å². The molecule has 5 nitrogen and oxygen atoms in total. The van der Waals surface area contributed by atoms with Crippen LogP contribution in [0, 0.1) is 0 Å². The third-order valence-corrected chi connectivity index (χ3v) is 3.52. The average molecular weight is 274 g/mol. The van der Waals surface area contributed by atoms with Gasteiger partial charge in [0.25, 0.3) is 0 Å². The van der Waals surface area contributed by atoms with E-state index in [1.165, 1.54) is 11.1 Å². The molecule has 1 aliphatic rings. The molecule has 0 aliphatic heterocycles. The lowest BCUT2D eigenvalue weighted by Gasteiger charge is -2.08. The lowest BCUT2D eigenvalue weighted by molar-refractivity contribution is 0.155. The molecule has 0 fully saturated rings. The summed E-state index contributed by atoms with van der Waals surface area (Å²) in [5, 5.41) is 3.93. The Hall–Kier alpha value is -1.85. The molecule has 1 atom stereocenters. The van der Waals surface area contributed by atoms with Gasteiger partial charge in [0.15, 0.2) is 5.76 Å². The first-order valence-electron chi connectivity index (χ1n) is 6.71. The van der Waals surface area contributed by atoms with Crippen LogP contribution in [-0.2, 0) is 24.4 Å². The second kappa shape index (κ2) is 5.64. The monoisotopic (exact) mass is 274 g/mol. The number of nitrogens with zero attached hydrogens (tertiary/aromatic N) is 1. The van der Waals surface area contributed by atoms with E-state index in [4.69, 9.17) is 19.7 Å². The predicted octanol–water partition coefficient (Wildman–Crippen LogP) is 2.35. The normalized spacial score (nSPS) is 17.2. The minimum Gasteiger partial charge on any atom is -0.487 e. The molecule has 1 aromatic heterocycles. The lowest BCUT2D eigenvalue weighted by atomic mass is 10.1. The van der Waals surface area contributed by atoms with E-state index in [1.54, 1.807) is 7.11 Å². The molecule has 106 valence electrons. The molecule has 0 amide bonds. The second-order valence-corrected chi connectivity index (χ2v) is 5.01. The van der Waals surface area contributed by atoms with E-state index < -0.39 is 0 Å². The summed E-state index contributed by atoms with van der Waals surface area (Å²) >= 11 is 0. The van der Waals surface area contributed by atoms with Crippen LogP contribution in [0.25, 0.3) is 0 Å². The Morgan fingerprint density at radius 1 is 1.35 bits per heavy atom. The molecule has 2 N–H and O–H groups in total. The molecule has 2 aromatic rings. The fraction of sp³-hybridized carbons (Fsp3) is 0.400. The van der Waals surface area contributed by atoms with E-state index in [0.29, 0.717) is 19.0 Å². The highest BCUT2D eigenvalue weighted by Crippen LogP contribution is 2.32. The standard InChI is InChI=1S/C15H18N2O3/c1-18-9-13-7-11(17-20-13)8-19-12-3-4-14-10(6-12)2-5-15(14)16/h3-4,6-7,15H,2,5,8-9,16H2,1H3. The van der Waals surface area contributed by atoms with Crippen molar-refractivity contribution in [1.82, 2.24) is 5.16 Å². The van der Waals surface area contributed by atoms with Crippen LogP contribution in [-0.4, -0.2) is 12.3 Å². The van der Waals surface area contributed by atoms with Crippen molar-refractivity contribution in [3.8, 4) is 5.75 Å².